The number of rotatable bonds is 14. The quantitative estimate of drug-likeness (QED) is 0.197. The molecule has 0 fully saturated rings. The third kappa shape index (κ3) is 10.5. The van der Waals surface area contributed by atoms with Crippen molar-refractivity contribution in [1.82, 2.24) is 0 Å². The second kappa shape index (κ2) is 16.0. The average molecular weight is 602 g/mol. The zero-order valence-corrected chi connectivity index (χ0v) is 26.2. The Morgan fingerprint density at radius 3 is 2.34 bits per heavy atom. The van der Waals surface area contributed by atoms with Crippen molar-refractivity contribution in [2.45, 2.75) is 97.9 Å². The Labute approximate surface area is 244 Å². The van der Waals surface area contributed by atoms with Crippen molar-refractivity contribution < 1.29 is 31.1 Å². The first-order valence-electron chi connectivity index (χ1n) is 13.9. The molecule has 4 nitrogen and oxygen atoms in total. The van der Waals surface area contributed by atoms with Crippen LogP contribution in [-0.2, 0) is 12.0 Å². The van der Waals surface area contributed by atoms with Crippen molar-refractivity contribution in [2.24, 2.45) is 0 Å². The molecule has 0 aliphatic rings. The highest BCUT2D eigenvalue weighted by molar-refractivity contribution is 7.09. The van der Waals surface area contributed by atoms with Gasteiger partial charge in [0.1, 0.15) is 5.75 Å². The molecule has 208 valence electrons. The monoisotopic (exact) mass is 600 g/mol. The number of aryl methyl sites for hydroxylation is 1. The predicted molar refractivity (Wildman–Crippen MR) is 156 cm³/mol. The molecule has 1 aromatic heterocycles. The molecule has 6 heteroatoms. The Balaban J connectivity index is 0.00000507. The standard InChI is InChI=1S/C32H44N2O2S.BrH/c1-6-7-8-9-10-11-12-13-19-36-30-21-28(17-18-29(30)32(3,4)5)33-31(35)27-16-14-15-26(20-27)23-34-22-25(2)37-24-34;/h14-18,20-22,24H,6-13,19,23H2,1-5H3;1H. The number of thiazole rings is 1. The summed E-state index contributed by atoms with van der Waals surface area (Å²) in [5, 5.41) is 3.08. The van der Waals surface area contributed by atoms with E-state index >= 15 is 0 Å². The van der Waals surface area contributed by atoms with E-state index in [0.717, 1.165) is 35.5 Å². The van der Waals surface area contributed by atoms with Crippen LogP contribution in [-0.4, -0.2) is 12.5 Å². The van der Waals surface area contributed by atoms with Crippen molar-refractivity contribution in [1.29, 1.82) is 0 Å². The Kier molecular flexibility index (Phi) is 13.5. The van der Waals surface area contributed by atoms with Gasteiger partial charge in [0.05, 0.1) is 11.5 Å². The SMILES string of the molecule is CCCCCCCCCCOc1cc(NC(=O)c2cccc(C[n+]3csc(C)c3)c2)ccc1C(C)(C)C.[Br-]. The molecule has 0 saturated heterocycles. The molecular weight excluding hydrogens is 556 g/mol. The molecule has 38 heavy (non-hydrogen) atoms. The van der Waals surface area contributed by atoms with Crippen LogP contribution in [0.4, 0.5) is 5.69 Å². The van der Waals surface area contributed by atoms with Crippen LogP contribution < -0.4 is 31.6 Å². The number of unbranched alkanes of at least 4 members (excludes halogenated alkanes) is 7. The van der Waals surface area contributed by atoms with Crippen molar-refractivity contribution >= 4 is 22.9 Å². The van der Waals surface area contributed by atoms with Gasteiger partial charge >= 0.3 is 0 Å². The highest BCUT2D eigenvalue weighted by Crippen LogP contribution is 2.34. The summed E-state index contributed by atoms with van der Waals surface area (Å²) in [7, 11) is 0. The molecule has 1 N–H and O–H groups in total. The number of amides is 1. The van der Waals surface area contributed by atoms with Gasteiger partial charge in [-0.3, -0.25) is 4.79 Å². The van der Waals surface area contributed by atoms with Crippen LogP contribution in [0.15, 0.2) is 54.2 Å². The summed E-state index contributed by atoms with van der Waals surface area (Å²) < 4.78 is 8.42. The first-order chi connectivity index (χ1) is 17.8. The van der Waals surface area contributed by atoms with Gasteiger partial charge in [0.15, 0.2) is 12.7 Å². The number of carbonyl (C=O) groups excluding carboxylic acids is 1. The molecule has 0 radical (unpaired) electrons. The summed E-state index contributed by atoms with van der Waals surface area (Å²) in [6.07, 6.45) is 12.3. The molecule has 0 bridgehead atoms. The van der Waals surface area contributed by atoms with E-state index in [9.17, 15) is 4.79 Å². The van der Waals surface area contributed by atoms with Crippen LogP contribution in [0.2, 0.25) is 0 Å². The number of ether oxygens (including phenoxy) is 1. The lowest BCUT2D eigenvalue weighted by molar-refractivity contribution is -0.683. The van der Waals surface area contributed by atoms with Gasteiger partial charge in [-0.15, -0.1) is 0 Å². The number of carbonyl (C=O) groups is 1. The summed E-state index contributed by atoms with van der Waals surface area (Å²) in [5.41, 5.74) is 5.75. The minimum Gasteiger partial charge on any atom is -1.00 e. The minimum absolute atomic E-state index is 0. The molecule has 0 saturated carbocycles. The Bertz CT molecular complexity index is 1140. The van der Waals surface area contributed by atoms with E-state index in [1.165, 1.54) is 49.8 Å². The number of benzene rings is 2. The lowest BCUT2D eigenvalue weighted by atomic mass is 9.86. The second-order valence-corrected chi connectivity index (χ2v) is 12.2. The lowest BCUT2D eigenvalue weighted by Crippen LogP contribution is -3.00. The van der Waals surface area contributed by atoms with E-state index in [-0.39, 0.29) is 28.3 Å². The van der Waals surface area contributed by atoms with E-state index < -0.39 is 0 Å². The maximum absolute atomic E-state index is 13.1. The fourth-order valence-electron chi connectivity index (χ4n) is 4.51. The first kappa shape index (κ1) is 32.0. The van der Waals surface area contributed by atoms with Gasteiger partial charge in [0, 0.05) is 22.9 Å². The molecule has 0 atom stereocenters. The summed E-state index contributed by atoms with van der Waals surface area (Å²) >= 11 is 1.72. The number of halogens is 1. The lowest BCUT2D eigenvalue weighted by Gasteiger charge is -2.23. The Hall–Kier alpha value is -2.18. The smallest absolute Gasteiger partial charge is 0.255 e. The molecule has 0 spiro atoms. The van der Waals surface area contributed by atoms with E-state index in [1.54, 1.807) is 11.3 Å². The van der Waals surface area contributed by atoms with Crippen molar-refractivity contribution in [3.63, 3.8) is 0 Å². The maximum atomic E-state index is 13.1. The molecule has 0 unspecified atom stereocenters. The maximum Gasteiger partial charge on any atom is 0.255 e. The summed E-state index contributed by atoms with van der Waals surface area (Å²) in [6, 6.07) is 13.9. The van der Waals surface area contributed by atoms with Gasteiger partial charge in [0.25, 0.3) is 5.91 Å². The highest BCUT2D eigenvalue weighted by atomic mass is 79.9. The van der Waals surface area contributed by atoms with Crippen LogP contribution in [0.3, 0.4) is 0 Å². The second-order valence-electron chi connectivity index (χ2n) is 11.1. The van der Waals surface area contributed by atoms with Gasteiger partial charge in [-0.1, -0.05) is 102 Å². The number of aromatic nitrogens is 1. The average Bonchev–Trinajstić information content (AvgIpc) is 3.27. The summed E-state index contributed by atoms with van der Waals surface area (Å²) in [5.74, 6) is 0.761. The number of hydrogen-bond donors (Lipinski definition) is 1. The fraction of sp³-hybridized carbons (Fsp3) is 0.500. The summed E-state index contributed by atoms with van der Waals surface area (Å²) in [4.78, 5) is 14.4. The largest absolute Gasteiger partial charge is 1.00 e. The number of hydrogen-bond acceptors (Lipinski definition) is 3. The molecule has 3 rings (SSSR count). The van der Waals surface area contributed by atoms with E-state index in [2.05, 4.69) is 68.3 Å². The molecule has 2 aromatic carbocycles. The fourth-order valence-corrected chi connectivity index (χ4v) is 5.14. The molecular formula is C32H45BrN2O2S. The first-order valence-corrected chi connectivity index (χ1v) is 14.8. The summed E-state index contributed by atoms with van der Waals surface area (Å²) in [6.45, 7) is 12.4. The number of nitrogens with zero attached hydrogens (tertiary/aromatic N) is 1. The predicted octanol–water partition coefficient (Wildman–Crippen LogP) is 5.47. The van der Waals surface area contributed by atoms with Crippen LogP contribution in [0, 0.1) is 6.92 Å². The molecule has 3 aromatic rings. The zero-order chi connectivity index (χ0) is 26.7. The van der Waals surface area contributed by atoms with Gasteiger partial charge in [-0.2, -0.15) is 4.57 Å². The molecule has 1 amide bonds. The topological polar surface area (TPSA) is 42.2 Å². The van der Waals surface area contributed by atoms with Crippen molar-refractivity contribution in [2.75, 3.05) is 11.9 Å². The van der Waals surface area contributed by atoms with E-state index in [4.69, 9.17) is 4.74 Å². The minimum atomic E-state index is -0.106. The zero-order valence-electron chi connectivity index (χ0n) is 23.8. The number of anilines is 1. The Morgan fingerprint density at radius 2 is 1.68 bits per heavy atom. The molecule has 0 aliphatic carbocycles. The van der Waals surface area contributed by atoms with Crippen LogP contribution in [0.25, 0.3) is 0 Å². The number of nitrogens with one attached hydrogen (secondary N) is 1. The van der Waals surface area contributed by atoms with Gasteiger partial charge in [0.2, 0.25) is 5.51 Å². The molecule has 1 heterocycles. The Morgan fingerprint density at radius 1 is 0.974 bits per heavy atom. The van der Waals surface area contributed by atoms with Gasteiger partial charge < -0.3 is 27.0 Å². The van der Waals surface area contributed by atoms with E-state index in [1.807, 2.05) is 30.3 Å². The third-order valence-electron chi connectivity index (χ3n) is 6.58. The van der Waals surface area contributed by atoms with E-state index in [0.29, 0.717) is 12.2 Å². The van der Waals surface area contributed by atoms with Crippen molar-refractivity contribution in [3.05, 3.63) is 75.7 Å². The van der Waals surface area contributed by atoms with Crippen LogP contribution >= 0.6 is 11.3 Å². The molecule has 0 aliphatic heterocycles. The highest BCUT2D eigenvalue weighted by Gasteiger charge is 2.20. The van der Waals surface area contributed by atoms with Gasteiger partial charge in [-0.05, 0) is 42.5 Å². The van der Waals surface area contributed by atoms with Gasteiger partial charge in [-0.25, -0.2) is 0 Å². The van der Waals surface area contributed by atoms with Crippen LogP contribution in [0.5, 0.6) is 5.75 Å². The normalized spacial score (nSPS) is 11.2. The van der Waals surface area contributed by atoms with Crippen LogP contribution in [0.1, 0.15) is 105 Å². The third-order valence-corrected chi connectivity index (χ3v) is 7.43. The van der Waals surface area contributed by atoms with Crippen molar-refractivity contribution in [3.8, 4) is 5.75 Å².